The first-order valence-electron chi connectivity index (χ1n) is 8.26. The van der Waals surface area contributed by atoms with Crippen molar-refractivity contribution in [2.75, 3.05) is 11.8 Å². The summed E-state index contributed by atoms with van der Waals surface area (Å²) in [6.07, 6.45) is 1.39. The molecule has 0 aliphatic carbocycles. The second kappa shape index (κ2) is 8.57. The lowest BCUT2D eigenvalue weighted by molar-refractivity contribution is 0.294. The van der Waals surface area contributed by atoms with Crippen molar-refractivity contribution >= 4 is 31.8 Å². The molecule has 2 aromatic carbocycles. The monoisotopic (exact) mass is 463 g/mol. The second-order valence-electron chi connectivity index (χ2n) is 5.88. The molecule has 146 valence electrons. The van der Waals surface area contributed by atoms with Crippen LogP contribution in [0.4, 0.5) is 5.82 Å². The molecule has 1 heterocycles. The van der Waals surface area contributed by atoms with Gasteiger partial charge in [0.1, 0.15) is 21.9 Å². The number of benzene rings is 2. The number of hydrogen-bond donors (Lipinski definition) is 1. The number of rotatable bonds is 7. The Morgan fingerprint density at radius 1 is 1.14 bits per heavy atom. The van der Waals surface area contributed by atoms with Gasteiger partial charge in [-0.2, -0.15) is 0 Å². The molecule has 3 aromatic rings. The Bertz CT molecular complexity index is 1080. The van der Waals surface area contributed by atoms with Crippen LogP contribution in [-0.2, 0) is 16.6 Å². The van der Waals surface area contributed by atoms with Gasteiger partial charge in [-0.3, -0.25) is 4.72 Å². The maximum absolute atomic E-state index is 12.9. The minimum atomic E-state index is -3.97. The zero-order valence-corrected chi connectivity index (χ0v) is 17.6. The maximum atomic E-state index is 12.9. The lowest BCUT2D eigenvalue weighted by Gasteiger charge is -2.14. The topological polar surface area (TPSA) is 90.4 Å². The van der Waals surface area contributed by atoms with Crippen molar-refractivity contribution < 1.29 is 17.9 Å². The molecule has 1 aromatic heterocycles. The fourth-order valence-electron chi connectivity index (χ4n) is 2.42. The van der Waals surface area contributed by atoms with Gasteiger partial charge in [-0.25, -0.2) is 18.4 Å². The summed E-state index contributed by atoms with van der Waals surface area (Å²) in [6, 6.07) is 14.4. The molecule has 7 nitrogen and oxygen atoms in total. The molecule has 0 aliphatic heterocycles. The fraction of sp³-hybridized carbons (Fsp3) is 0.158. The second-order valence-corrected chi connectivity index (χ2v) is 8.34. The van der Waals surface area contributed by atoms with Gasteiger partial charge < -0.3 is 9.47 Å². The largest absolute Gasteiger partial charge is 0.495 e. The van der Waals surface area contributed by atoms with Crippen LogP contribution < -0.4 is 14.2 Å². The van der Waals surface area contributed by atoms with E-state index in [9.17, 15) is 8.42 Å². The smallest absolute Gasteiger partial charge is 0.266 e. The van der Waals surface area contributed by atoms with E-state index in [1.807, 2.05) is 30.3 Å². The third-order valence-electron chi connectivity index (χ3n) is 3.77. The van der Waals surface area contributed by atoms with Crippen LogP contribution in [0.25, 0.3) is 0 Å². The first-order valence-corrected chi connectivity index (χ1v) is 10.5. The van der Waals surface area contributed by atoms with Gasteiger partial charge in [0, 0.05) is 0 Å². The molecule has 0 radical (unpaired) electrons. The van der Waals surface area contributed by atoms with E-state index in [1.165, 1.54) is 19.4 Å². The summed E-state index contributed by atoms with van der Waals surface area (Å²) in [5, 5.41) is 0. The minimum Gasteiger partial charge on any atom is -0.495 e. The van der Waals surface area contributed by atoms with Crippen LogP contribution in [-0.4, -0.2) is 25.5 Å². The zero-order valence-electron chi connectivity index (χ0n) is 15.2. The lowest BCUT2D eigenvalue weighted by atomic mass is 10.2. The quantitative estimate of drug-likeness (QED) is 0.570. The van der Waals surface area contributed by atoms with Crippen LogP contribution in [0.15, 0.2) is 64.2 Å². The van der Waals surface area contributed by atoms with E-state index in [4.69, 9.17) is 9.47 Å². The highest BCUT2D eigenvalue weighted by Crippen LogP contribution is 2.29. The molecular weight excluding hydrogens is 446 g/mol. The van der Waals surface area contributed by atoms with E-state index < -0.39 is 10.0 Å². The number of nitrogens with zero attached hydrogens (tertiary/aromatic N) is 2. The van der Waals surface area contributed by atoms with Crippen LogP contribution in [0.2, 0.25) is 0 Å². The van der Waals surface area contributed by atoms with E-state index in [-0.39, 0.29) is 28.9 Å². The molecule has 0 spiro atoms. The molecule has 0 aliphatic rings. The summed E-state index contributed by atoms with van der Waals surface area (Å²) in [5.74, 6) is 0.283. The third kappa shape index (κ3) is 4.79. The summed E-state index contributed by atoms with van der Waals surface area (Å²) >= 11 is 3.23. The number of aromatic nitrogens is 2. The molecule has 28 heavy (non-hydrogen) atoms. The highest BCUT2D eigenvalue weighted by molar-refractivity contribution is 9.10. The number of halogens is 1. The summed E-state index contributed by atoms with van der Waals surface area (Å²) in [6.45, 7) is 2.01. The van der Waals surface area contributed by atoms with Crippen molar-refractivity contribution in [3.05, 3.63) is 70.5 Å². The molecule has 0 fully saturated rings. The van der Waals surface area contributed by atoms with Crippen LogP contribution in [0.1, 0.15) is 11.1 Å². The Balaban J connectivity index is 1.90. The normalized spacial score (nSPS) is 11.1. The molecule has 0 amide bonds. The third-order valence-corrected chi connectivity index (χ3v) is 5.51. The summed E-state index contributed by atoms with van der Waals surface area (Å²) in [5.41, 5.74) is 1.70. The van der Waals surface area contributed by atoms with Gasteiger partial charge >= 0.3 is 0 Å². The van der Waals surface area contributed by atoms with Gasteiger partial charge in [0.2, 0.25) is 5.82 Å². The predicted octanol–water partition coefficient (Wildman–Crippen LogP) is 3.94. The van der Waals surface area contributed by atoms with Crippen molar-refractivity contribution in [1.29, 1.82) is 0 Å². The van der Waals surface area contributed by atoms with E-state index in [0.29, 0.717) is 4.60 Å². The summed E-state index contributed by atoms with van der Waals surface area (Å²) in [4.78, 5) is 8.32. The van der Waals surface area contributed by atoms with Gasteiger partial charge in [0.05, 0.1) is 13.3 Å². The Hall–Kier alpha value is -2.65. The predicted molar refractivity (Wildman–Crippen MR) is 109 cm³/mol. The molecule has 3 rings (SSSR count). The molecular formula is C19H18BrN3O4S. The van der Waals surface area contributed by atoms with E-state index >= 15 is 0 Å². The average molecular weight is 464 g/mol. The Labute approximate surface area is 171 Å². The number of anilines is 1. The van der Waals surface area contributed by atoms with E-state index in [2.05, 4.69) is 30.6 Å². The molecule has 0 unspecified atom stereocenters. The Morgan fingerprint density at radius 3 is 2.61 bits per heavy atom. The maximum Gasteiger partial charge on any atom is 0.266 e. The molecule has 0 saturated heterocycles. The van der Waals surface area contributed by atoms with Crippen LogP contribution in [0, 0.1) is 6.92 Å². The summed E-state index contributed by atoms with van der Waals surface area (Å²) < 4.78 is 39.6. The van der Waals surface area contributed by atoms with Gasteiger partial charge in [-0.1, -0.05) is 36.4 Å². The van der Waals surface area contributed by atoms with Gasteiger partial charge in [-0.05, 0) is 46.1 Å². The van der Waals surface area contributed by atoms with Gasteiger partial charge in [0.15, 0.2) is 0 Å². The Kier molecular flexibility index (Phi) is 6.15. The molecule has 1 N–H and O–H groups in total. The van der Waals surface area contributed by atoms with Crippen LogP contribution in [0.3, 0.4) is 0 Å². The SMILES string of the molecule is COc1ccc(C)cc1S(=O)(=O)Nc1ncc(Br)nc1OCc1ccccc1. The fourth-order valence-corrected chi connectivity index (χ4v) is 3.95. The molecule has 9 heteroatoms. The zero-order chi connectivity index (χ0) is 20.1. The number of nitrogens with one attached hydrogen (secondary N) is 1. The Morgan fingerprint density at radius 2 is 1.89 bits per heavy atom. The first kappa shape index (κ1) is 20.1. The van der Waals surface area contributed by atoms with Crippen molar-refractivity contribution in [3.63, 3.8) is 0 Å². The van der Waals surface area contributed by atoms with Crippen molar-refractivity contribution in [2.45, 2.75) is 18.4 Å². The van der Waals surface area contributed by atoms with E-state index in [0.717, 1.165) is 11.1 Å². The number of sulfonamides is 1. The highest BCUT2D eigenvalue weighted by Gasteiger charge is 2.23. The van der Waals surface area contributed by atoms with Crippen molar-refractivity contribution in [3.8, 4) is 11.6 Å². The first-order chi connectivity index (χ1) is 13.4. The molecule has 0 bridgehead atoms. The molecule has 0 atom stereocenters. The number of methoxy groups -OCH3 is 1. The average Bonchev–Trinajstić information content (AvgIpc) is 2.69. The van der Waals surface area contributed by atoms with Crippen molar-refractivity contribution in [2.24, 2.45) is 0 Å². The van der Waals surface area contributed by atoms with Crippen molar-refractivity contribution in [1.82, 2.24) is 9.97 Å². The van der Waals surface area contributed by atoms with Crippen LogP contribution >= 0.6 is 15.9 Å². The van der Waals surface area contributed by atoms with Gasteiger partial charge in [-0.15, -0.1) is 0 Å². The van der Waals surface area contributed by atoms with Crippen LogP contribution in [0.5, 0.6) is 11.6 Å². The highest BCUT2D eigenvalue weighted by atomic mass is 79.9. The summed E-state index contributed by atoms with van der Waals surface area (Å²) in [7, 11) is -2.56. The minimum absolute atomic E-state index is 0.00808. The molecule has 0 saturated carbocycles. The number of aryl methyl sites for hydroxylation is 1. The lowest BCUT2D eigenvalue weighted by Crippen LogP contribution is -2.16. The number of hydrogen-bond acceptors (Lipinski definition) is 6. The van der Waals surface area contributed by atoms with Gasteiger partial charge in [0.25, 0.3) is 15.9 Å². The van der Waals surface area contributed by atoms with E-state index in [1.54, 1.807) is 19.1 Å². The number of ether oxygens (including phenoxy) is 2. The standard InChI is InChI=1S/C19H18BrN3O4S/c1-13-8-9-15(26-2)16(10-13)28(24,25)23-18-19(22-17(20)11-21-18)27-12-14-6-4-3-5-7-14/h3-11H,12H2,1-2H3,(H,21,23).